The Kier molecular flexibility index (Phi) is 4.67. The molecule has 0 aromatic heterocycles. The van der Waals surface area contributed by atoms with Crippen LogP contribution in [0.25, 0.3) is 0 Å². The summed E-state index contributed by atoms with van der Waals surface area (Å²) in [4.78, 5) is 26.9. The van der Waals surface area contributed by atoms with Crippen molar-refractivity contribution < 1.29 is 14.3 Å². The molecule has 3 amide bonds. The molecule has 6 nitrogen and oxygen atoms in total. The van der Waals surface area contributed by atoms with Crippen molar-refractivity contribution in [1.82, 2.24) is 10.2 Å². The Morgan fingerprint density at radius 2 is 2.05 bits per heavy atom. The second-order valence-corrected chi connectivity index (χ2v) is 5.18. The minimum atomic E-state index is -0.179. The summed E-state index contributed by atoms with van der Waals surface area (Å²) < 4.78 is 5.38. The molecule has 1 heterocycles. The molecule has 0 bridgehead atoms. The van der Waals surface area contributed by atoms with E-state index in [0.29, 0.717) is 19.6 Å². The zero-order valence-electron chi connectivity index (χ0n) is 12.6. The largest absolute Gasteiger partial charge is 0.494 e. The van der Waals surface area contributed by atoms with Gasteiger partial charge in [0.15, 0.2) is 0 Å². The zero-order valence-corrected chi connectivity index (χ0v) is 12.6. The van der Waals surface area contributed by atoms with E-state index in [9.17, 15) is 9.59 Å². The van der Waals surface area contributed by atoms with Gasteiger partial charge >= 0.3 is 6.03 Å². The van der Waals surface area contributed by atoms with Crippen molar-refractivity contribution in [2.24, 2.45) is 0 Å². The van der Waals surface area contributed by atoms with E-state index in [1.54, 1.807) is 19.0 Å². The average molecular weight is 291 g/mol. The highest BCUT2D eigenvalue weighted by atomic mass is 16.5. The van der Waals surface area contributed by atoms with E-state index in [1.165, 1.54) is 4.90 Å². The number of nitrogens with one attached hydrogen (secondary N) is 1. The smallest absolute Gasteiger partial charge is 0.317 e. The normalized spacial score (nSPS) is 17.8. The number of nitrogens with zero attached hydrogens (tertiary/aromatic N) is 2. The summed E-state index contributed by atoms with van der Waals surface area (Å²) in [5.41, 5.74) is 0.824. The van der Waals surface area contributed by atoms with Gasteiger partial charge in [0.1, 0.15) is 5.75 Å². The van der Waals surface area contributed by atoms with E-state index in [-0.39, 0.29) is 18.0 Å². The van der Waals surface area contributed by atoms with Crippen molar-refractivity contribution in [2.75, 3.05) is 32.1 Å². The highest BCUT2D eigenvalue weighted by molar-refractivity contribution is 5.96. The van der Waals surface area contributed by atoms with Gasteiger partial charge < -0.3 is 19.9 Å². The Labute approximate surface area is 124 Å². The SMILES string of the molecule is CCOc1ccc(N2C[C@H](NC(=O)N(C)C)CC2=O)cc1. The first-order valence-electron chi connectivity index (χ1n) is 7.02. The fourth-order valence-electron chi connectivity index (χ4n) is 2.25. The minimum Gasteiger partial charge on any atom is -0.494 e. The first-order valence-corrected chi connectivity index (χ1v) is 7.02. The topological polar surface area (TPSA) is 61.9 Å². The van der Waals surface area contributed by atoms with E-state index in [0.717, 1.165) is 11.4 Å². The second kappa shape index (κ2) is 6.47. The number of hydrogen-bond donors (Lipinski definition) is 1. The maximum Gasteiger partial charge on any atom is 0.317 e. The molecule has 2 rings (SSSR count). The van der Waals surface area contributed by atoms with Crippen LogP contribution in [-0.2, 0) is 4.79 Å². The monoisotopic (exact) mass is 291 g/mol. The van der Waals surface area contributed by atoms with Crippen LogP contribution in [0.3, 0.4) is 0 Å². The standard InChI is InChI=1S/C15H21N3O3/c1-4-21-13-7-5-12(6-8-13)18-10-11(9-14(18)19)16-15(20)17(2)3/h5-8,11H,4,9-10H2,1-3H3,(H,16,20)/t11-/m1/s1. The van der Waals surface area contributed by atoms with Crippen LogP contribution in [-0.4, -0.2) is 50.1 Å². The molecule has 6 heteroatoms. The summed E-state index contributed by atoms with van der Waals surface area (Å²) in [6.45, 7) is 3.03. The van der Waals surface area contributed by atoms with Crippen molar-refractivity contribution >= 4 is 17.6 Å². The molecule has 0 radical (unpaired) electrons. The van der Waals surface area contributed by atoms with Crippen LogP contribution >= 0.6 is 0 Å². The van der Waals surface area contributed by atoms with Gasteiger partial charge in [-0.1, -0.05) is 0 Å². The zero-order chi connectivity index (χ0) is 15.4. The first-order chi connectivity index (χ1) is 10.0. The number of ether oxygens (including phenoxy) is 1. The lowest BCUT2D eigenvalue weighted by molar-refractivity contribution is -0.117. The van der Waals surface area contributed by atoms with Crippen molar-refractivity contribution in [2.45, 2.75) is 19.4 Å². The molecule has 21 heavy (non-hydrogen) atoms. The number of anilines is 1. The van der Waals surface area contributed by atoms with E-state index in [1.807, 2.05) is 31.2 Å². The quantitative estimate of drug-likeness (QED) is 0.913. The number of carbonyl (C=O) groups is 2. The van der Waals surface area contributed by atoms with Crippen LogP contribution in [0.15, 0.2) is 24.3 Å². The number of rotatable bonds is 4. The summed E-state index contributed by atoms with van der Waals surface area (Å²) in [6.07, 6.45) is 0.326. The van der Waals surface area contributed by atoms with Crippen LogP contribution in [0.4, 0.5) is 10.5 Å². The maximum absolute atomic E-state index is 12.1. The second-order valence-electron chi connectivity index (χ2n) is 5.18. The Morgan fingerprint density at radius 3 is 2.62 bits per heavy atom. The molecule has 1 atom stereocenters. The highest BCUT2D eigenvalue weighted by Crippen LogP contribution is 2.24. The van der Waals surface area contributed by atoms with E-state index < -0.39 is 0 Å². The molecule has 114 valence electrons. The average Bonchev–Trinajstić information content (AvgIpc) is 2.80. The third-order valence-corrected chi connectivity index (χ3v) is 3.32. The lowest BCUT2D eigenvalue weighted by atomic mass is 10.2. The summed E-state index contributed by atoms with van der Waals surface area (Å²) in [6, 6.07) is 7.08. The van der Waals surface area contributed by atoms with Crippen LogP contribution in [0, 0.1) is 0 Å². The third-order valence-electron chi connectivity index (χ3n) is 3.32. The molecule has 1 fully saturated rings. The molecule has 1 aromatic rings. The van der Waals surface area contributed by atoms with E-state index in [2.05, 4.69) is 5.32 Å². The Hall–Kier alpha value is -2.24. The van der Waals surface area contributed by atoms with Gasteiger partial charge in [0.2, 0.25) is 5.91 Å². The lowest BCUT2D eigenvalue weighted by Crippen LogP contribution is -2.42. The molecule has 0 saturated carbocycles. The molecule has 0 aliphatic carbocycles. The van der Waals surface area contributed by atoms with Gasteiger partial charge in [-0.05, 0) is 31.2 Å². The van der Waals surface area contributed by atoms with Crippen molar-refractivity contribution in [3.05, 3.63) is 24.3 Å². The van der Waals surface area contributed by atoms with Crippen LogP contribution in [0.2, 0.25) is 0 Å². The van der Waals surface area contributed by atoms with Gasteiger partial charge in [0.25, 0.3) is 0 Å². The van der Waals surface area contributed by atoms with Crippen LogP contribution in [0.5, 0.6) is 5.75 Å². The van der Waals surface area contributed by atoms with Gasteiger partial charge in [-0.2, -0.15) is 0 Å². The van der Waals surface area contributed by atoms with Gasteiger partial charge in [-0.3, -0.25) is 4.79 Å². The highest BCUT2D eigenvalue weighted by Gasteiger charge is 2.31. The summed E-state index contributed by atoms with van der Waals surface area (Å²) in [5.74, 6) is 0.800. The predicted molar refractivity (Wildman–Crippen MR) is 80.6 cm³/mol. The molecule has 1 aliphatic rings. The molecular formula is C15H21N3O3. The van der Waals surface area contributed by atoms with Gasteiger partial charge in [-0.15, -0.1) is 0 Å². The predicted octanol–water partition coefficient (Wildman–Crippen LogP) is 1.46. The number of benzene rings is 1. The Bertz CT molecular complexity index is 513. The molecular weight excluding hydrogens is 270 g/mol. The van der Waals surface area contributed by atoms with Crippen molar-refractivity contribution in [3.63, 3.8) is 0 Å². The van der Waals surface area contributed by atoms with Crippen molar-refractivity contribution in [1.29, 1.82) is 0 Å². The first kappa shape index (κ1) is 15.2. The molecule has 0 spiro atoms. The third kappa shape index (κ3) is 3.65. The van der Waals surface area contributed by atoms with Crippen molar-refractivity contribution in [3.8, 4) is 5.75 Å². The fraction of sp³-hybridized carbons (Fsp3) is 0.467. The number of urea groups is 1. The summed E-state index contributed by atoms with van der Waals surface area (Å²) in [7, 11) is 3.35. The lowest BCUT2D eigenvalue weighted by Gasteiger charge is -2.19. The molecule has 1 aromatic carbocycles. The molecule has 0 unspecified atom stereocenters. The fourth-order valence-corrected chi connectivity index (χ4v) is 2.25. The maximum atomic E-state index is 12.1. The summed E-state index contributed by atoms with van der Waals surface area (Å²) in [5, 5.41) is 2.84. The minimum absolute atomic E-state index is 0.0169. The molecule has 1 N–H and O–H groups in total. The van der Waals surface area contributed by atoms with E-state index >= 15 is 0 Å². The van der Waals surface area contributed by atoms with Gasteiger partial charge in [0, 0.05) is 32.7 Å². The Balaban J connectivity index is 2.01. The van der Waals surface area contributed by atoms with Gasteiger partial charge in [-0.25, -0.2) is 4.79 Å². The number of amides is 3. The Morgan fingerprint density at radius 1 is 1.38 bits per heavy atom. The van der Waals surface area contributed by atoms with Crippen LogP contribution in [0.1, 0.15) is 13.3 Å². The van der Waals surface area contributed by atoms with Gasteiger partial charge in [0.05, 0.1) is 12.6 Å². The summed E-state index contributed by atoms with van der Waals surface area (Å²) >= 11 is 0. The number of hydrogen-bond acceptors (Lipinski definition) is 3. The molecule has 1 saturated heterocycles. The molecule has 1 aliphatic heterocycles. The number of carbonyl (C=O) groups excluding carboxylic acids is 2. The van der Waals surface area contributed by atoms with Crippen LogP contribution < -0.4 is 15.0 Å². The van der Waals surface area contributed by atoms with E-state index in [4.69, 9.17) is 4.74 Å².